The molecule has 24 heavy (non-hydrogen) atoms. The second-order valence-corrected chi connectivity index (χ2v) is 7.13. The number of carbonyl (C=O) groups is 1. The molecule has 2 heterocycles. The normalized spacial score (nSPS) is 15.4. The molecular weight excluding hydrogens is 346 g/mol. The minimum atomic E-state index is -0.0385. The van der Waals surface area contributed by atoms with Crippen LogP contribution in [0.4, 0.5) is 0 Å². The number of hydrogen-bond acceptors (Lipinski definition) is 4. The fraction of sp³-hybridized carbons (Fsp3) is 0.412. The van der Waals surface area contributed by atoms with Crippen molar-refractivity contribution in [3.63, 3.8) is 0 Å². The number of carbonyl (C=O) groups excluding carboxylic acids is 1. The summed E-state index contributed by atoms with van der Waals surface area (Å²) in [6.07, 6.45) is 1.77. The smallest absolute Gasteiger partial charge is 0.255 e. The number of amides is 1. The lowest BCUT2D eigenvalue weighted by molar-refractivity contribution is -0.907. The van der Waals surface area contributed by atoms with Crippen LogP contribution in [0.15, 0.2) is 35.8 Å². The first-order valence-corrected chi connectivity index (χ1v) is 9.33. The highest BCUT2D eigenvalue weighted by molar-refractivity contribution is 7.09. The van der Waals surface area contributed by atoms with Gasteiger partial charge in [-0.15, -0.1) is 11.3 Å². The summed E-state index contributed by atoms with van der Waals surface area (Å²) in [5.41, 5.74) is 0.549. The molecule has 0 aliphatic carbocycles. The summed E-state index contributed by atoms with van der Waals surface area (Å²) in [5.74, 6) is -0.0385. The van der Waals surface area contributed by atoms with E-state index < -0.39 is 0 Å². The first-order chi connectivity index (χ1) is 11.7. The zero-order chi connectivity index (χ0) is 16.8. The average Bonchev–Trinajstić information content (AvgIpc) is 3.12. The third kappa shape index (κ3) is 4.54. The number of hydrogen-bond donors (Lipinski definition) is 1. The van der Waals surface area contributed by atoms with Crippen LogP contribution in [0.3, 0.4) is 0 Å². The Labute approximate surface area is 150 Å². The van der Waals surface area contributed by atoms with Gasteiger partial charge in [-0.05, 0) is 12.1 Å². The molecular formula is C17H21ClN3O2S+. The van der Waals surface area contributed by atoms with Gasteiger partial charge in [-0.2, -0.15) is 0 Å². The molecule has 1 N–H and O–H groups in total. The fourth-order valence-electron chi connectivity index (χ4n) is 2.75. The third-order valence-electron chi connectivity index (χ3n) is 4.14. The number of thiazole rings is 1. The summed E-state index contributed by atoms with van der Waals surface area (Å²) in [6.45, 7) is 5.67. The molecule has 0 spiro atoms. The van der Waals surface area contributed by atoms with Crippen LogP contribution >= 0.6 is 22.9 Å². The average molecular weight is 367 g/mol. The number of aromatic nitrogens is 1. The topological polar surface area (TPSA) is 46.9 Å². The second kappa shape index (κ2) is 8.58. The molecule has 0 saturated carbocycles. The number of benzene rings is 1. The van der Waals surface area contributed by atoms with Crippen LogP contribution in [0.25, 0.3) is 0 Å². The van der Waals surface area contributed by atoms with Gasteiger partial charge in [0.05, 0.1) is 43.4 Å². The number of morpholine rings is 1. The highest BCUT2D eigenvalue weighted by atomic mass is 35.5. The van der Waals surface area contributed by atoms with Gasteiger partial charge in [-0.1, -0.05) is 23.7 Å². The number of rotatable bonds is 6. The molecule has 0 bridgehead atoms. The number of halogens is 1. The Balaban J connectivity index is 1.71. The van der Waals surface area contributed by atoms with Crippen LogP contribution in [-0.4, -0.2) is 55.2 Å². The predicted molar refractivity (Wildman–Crippen MR) is 94.7 cm³/mol. The molecule has 1 aromatic carbocycles. The first kappa shape index (κ1) is 17.4. The Morgan fingerprint density at radius 1 is 1.33 bits per heavy atom. The van der Waals surface area contributed by atoms with E-state index in [-0.39, 0.29) is 5.91 Å². The van der Waals surface area contributed by atoms with Crippen molar-refractivity contribution >= 4 is 28.8 Å². The molecule has 1 amide bonds. The van der Waals surface area contributed by atoms with E-state index >= 15 is 0 Å². The van der Waals surface area contributed by atoms with Crippen molar-refractivity contribution in [3.8, 4) is 0 Å². The standard InChI is InChI=1S/C17H20ClN3O2S/c18-15-4-2-1-3-14(15)17(22)21(13-16-19-5-12-24-16)7-6-20-8-10-23-11-9-20/h1-5,12H,6-11,13H2/p+1. The summed E-state index contributed by atoms with van der Waals surface area (Å²) in [7, 11) is 0. The lowest BCUT2D eigenvalue weighted by atomic mass is 10.2. The van der Waals surface area contributed by atoms with Crippen LogP contribution in [-0.2, 0) is 11.3 Å². The number of quaternary nitrogens is 1. The van der Waals surface area contributed by atoms with E-state index in [0.29, 0.717) is 23.7 Å². The zero-order valence-electron chi connectivity index (χ0n) is 13.4. The van der Waals surface area contributed by atoms with Crippen LogP contribution in [0.5, 0.6) is 0 Å². The summed E-state index contributed by atoms with van der Waals surface area (Å²) in [6, 6.07) is 7.21. The van der Waals surface area contributed by atoms with Crippen molar-refractivity contribution in [1.82, 2.24) is 9.88 Å². The van der Waals surface area contributed by atoms with Crippen LogP contribution in [0.2, 0.25) is 5.02 Å². The molecule has 1 aromatic heterocycles. The van der Waals surface area contributed by atoms with Crippen molar-refractivity contribution in [1.29, 1.82) is 0 Å². The Kier molecular flexibility index (Phi) is 6.20. The molecule has 0 unspecified atom stereocenters. The van der Waals surface area contributed by atoms with Gasteiger partial charge >= 0.3 is 0 Å². The minimum absolute atomic E-state index is 0.0385. The van der Waals surface area contributed by atoms with Gasteiger partial charge < -0.3 is 14.5 Å². The lowest BCUT2D eigenvalue weighted by Gasteiger charge is -2.27. The zero-order valence-corrected chi connectivity index (χ0v) is 15.0. The van der Waals surface area contributed by atoms with Crippen molar-refractivity contribution in [3.05, 3.63) is 51.4 Å². The lowest BCUT2D eigenvalue weighted by Crippen LogP contribution is -3.14. The molecule has 0 atom stereocenters. The van der Waals surface area contributed by atoms with Gasteiger partial charge in [0.25, 0.3) is 5.91 Å². The Morgan fingerprint density at radius 3 is 2.83 bits per heavy atom. The van der Waals surface area contributed by atoms with E-state index in [2.05, 4.69) is 4.98 Å². The molecule has 1 aliphatic rings. The Morgan fingerprint density at radius 2 is 2.12 bits per heavy atom. The van der Waals surface area contributed by atoms with Crippen LogP contribution in [0.1, 0.15) is 15.4 Å². The summed E-state index contributed by atoms with van der Waals surface area (Å²) in [4.78, 5) is 20.6. The SMILES string of the molecule is O=C(c1ccccc1Cl)N(CC[NH+]1CCOCC1)Cc1nccs1. The van der Waals surface area contributed by atoms with E-state index in [1.54, 1.807) is 29.7 Å². The van der Waals surface area contributed by atoms with Crippen molar-refractivity contribution < 1.29 is 14.4 Å². The van der Waals surface area contributed by atoms with Crippen LogP contribution < -0.4 is 4.90 Å². The summed E-state index contributed by atoms with van der Waals surface area (Å²) in [5, 5.41) is 3.36. The Bertz CT molecular complexity index is 660. The summed E-state index contributed by atoms with van der Waals surface area (Å²) < 4.78 is 5.40. The minimum Gasteiger partial charge on any atom is -0.370 e. The highest BCUT2D eigenvalue weighted by Crippen LogP contribution is 2.18. The maximum Gasteiger partial charge on any atom is 0.255 e. The monoisotopic (exact) mass is 366 g/mol. The second-order valence-electron chi connectivity index (χ2n) is 5.74. The molecule has 2 aromatic rings. The maximum atomic E-state index is 12.9. The van der Waals surface area contributed by atoms with Gasteiger partial charge in [-0.25, -0.2) is 4.98 Å². The molecule has 0 radical (unpaired) electrons. The van der Waals surface area contributed by atoms with Gasteiger partial charge in [-0.3, -0.25) is 4.79 Å². The third-order valence-corrected chi connectivity index (χ3v) is 5.23. The van der Waals surface area contributed by atoms with E-state index in [1.165, 1.54) is 4.90 Å². The number of nitrogens with one attached hydrogen (secondary N) is 1. The molecule has 1 aliphatic heterocycles. The molecule has 5 nitrogen and oxygen atoms in total. The molecule has 1 fully saturated rings. The number of nitrogens with zero attached hydrogens (tertiary/aromatic N) is 2. The van der Waals surface area contributed by atoms with Crippen molar-refractivity contribution in [2.45, 2.75) is 6.54 Å². The van der Waals surface area contributed by atoms with E-state index in [9.17, 15) is 4.79 Å². The predicted octanol–water partition coefficient (Wildman–Crippen LogP) is 1.35. The van der Waals surface area contributed by atoms with Crippen molar-refractivity contribution in [2.24, 2.45) is 0 Å². The maximum absolute atomic E-state index is 12.9. The van der Waals surface area contributed by atoms with Gasteiger partial charge in [0.1, 0.15) is 18.1 Å². The highest BCUT2D eigenvalue weighted by Gasteiger charge is 2.22. The fourth-order valence-corrected chi connectivity index (χ4v) is 3.60. The van der Waals surface area contributed by atoms with E-state index in [4.69, 9.17) is 16.3 Å². The van der Waals surface area contributed by atoms with Gasteiger partial charge in [0, 0.05) is 11.6 Å². The van der Waals surface area contributed by atoms with Crippen LogP contribution in [0, 0.1) is 0 Å². The van der Waals surface area contributed by atoms with Gasteiger partial charge in [0.15, 0.2) is 0 Å². The molecule has 7 heteroatoms. The number of ether oxygens (including phenoxy) is 1. The molecule has 128 valence electrons. The first-order valence-electron chi connectivity index (χ1n) is 8.07. The Hall–Kier alpha value is -1.47. The van der Waals surface area contributed by atoms with Crippen molar-refractivity contribution in [2.75, 3.05) is 39.4 Å². The molecule has 1 saturated heterocycles. The largest absolute Gasteiger partial charge is 0.370 e. The molecule has 3 rings (SSSR count). The quantitative estimate of drug-likeness (QED) is 0.839. The summed E-state index contributed by atoms with van der Waals surface area (Å²) >= 11 is 7.78. The van der Waals surface area contributed by atoms with E-state index in [1.807, 2.05) is 22.4 Å². The van der Waals surface area contributed by atoms with Gasteiger partial charge in [0.2, 0.25) is 0 Å². The van der Waals surface area contributed by atoms with E-state index in [0.717, 1.165) is 37.9 Å².